The third kappa shape index (κ3) is 5.21. The molecule has 1 aliphatic rings. The number of halogens is 2. The van der Waals surface area contributed by atoms with Crippen molar-refractivity contribution >= 4 is 11.6 Å². The van der Waals surface area contributed by atoms with E-state index in [1.54, 1.807) is 18.2 Å². The van der Waals surface area contributed by atoms with Gasteiger partial charge in [0.15, 0.2) is 23.1 Å². The number of rotatable bonds is 8. The summed E-state index contributed by atoms with van der Waals surface area (Å²) < 4.78 is 42.9. The summed E-state index contributed by atoms with van der Waals surface area (Å²) >= 11 is 0. The number of carbonyl (C=O) groups is 1. The van der Waals surface area contributed by atoms with Crippen molar-refractivity contribution in [3.05, 3.63) is 53.6 Å². The predicted octanol–water partition coefficient (Wildman–Crippen LogP) is 2.55. The Bertz CT molecular complexity index is 863. The molecule has 1 heterocycles. The SMILES string of the molecule is COc1ccc(N2CC(CNCCc3ccc(F)c(OC)c3)OCC2=O)cc1F. The van der Waals surface area contributed by atoms with Gasteiger partial charge >= 0.3 is 0 Å². The van der Waals surface area contributed by atoms with Crippen LogP contribution in [0.25, 0.3) is 0 Å². The number of ether oxygens (including phenoxy) is 3. The second-order valence-electron chi connectivity index (χ2n) is 6.68. The van der Waals surface area contributed by atoms with Crippen molar-refractivity contribution < 1.29 is 27.8 Å². The minimum atomic E-state index is -0.520. The third-order valence-corrected chi connectivity index (χ3v) is 4.75. The molecule has 2 aromatic carbocycles. The number of anilines is 1. The summed E-state index contributed by atoms with van der Waals surface area (Å²) in [5.74, 6) is -0.776. The van der Waals surface area contributed by atoms with Crippen LogP contribution in [0.5, 0.6) is 11.5 Å². The van der Waals surface area contributed by atoms with Gasteiger partial charge in [-0.1, -0.05) is 6.07 Å². The Hall–Kier alpha value is -2.71. The van der Waals surface area contributed by atoms with Gasteiger partial charge in [-0.25, -0.2) is 8.78 Å². The third-order valence-electron chi connectivity index (χ3n) is 4.75. The van der Waals surface area contributed by atoms with Crippen LogP contribution in [0.1, 0.15) is 5.56 Å². The van der Waals surface area contributed by atoms with E-state index in [0.29, 0.717) is 31.7 Å². The lowest BCUT2D eigenvalue weighted by Crippen LogP contribution is -2.50. The zero-order valence-electron chi connectivity index (χ0n) is 16.4. The Morgan fingerprint density at radius 2 is 1.90 bits per heavy atom. The maximum absolute atomic E-state index is 14.0. The first-order valence-electron chi connectivity index (χ1n) is 9.30. The Kier molecular flexibility index (Phi) is 7.00. The largest absolute Gasteiger partial charge is 0.494 e. The molecular formula is C21H24F2N2O4. The average molecular weight is 406 g/mol. The van der Waals surface area contributed by atoms with E-state index in [0.717, 1.165) is 5.56 Å². The van der Waals surface area contributed by atoms with Crippen LogP contribution in [-0.2, 0) is 16.0 Å². The molecule has 1 unspecified atom stereocenters. The van der Waals surface area contributed by atoms with Crippen LogP contribution in [0.15, 0.2) is 36.4 Å². The fourth-order valence-corrected chi connectivity index (χ4v) is 3.18. The molecule has 1 amide bonds. The van der Waals surface area contributed by atoms with Gasteiger partial charge in [-0.3, -0.25) is 4.79 Å². The van der Waals surface area contributed by atoms with Gasteiger partial charge in [0.2, 0.25) is 0 Å². The number of hydrogen-bond acceptors (Lipinski definition) is 5. The van der Waals surface area contributed by atoms with Gasteiger partial charge in [0.1, 0.15) is 6.61 Å². The molecular weight excluding hydrogens is 382 g/mol. The number of amides is 1. The first-order chi connectivity index (χ1) is 14.0. The van der Waals surface area contributed by atoms with Gasteiger partial charge in [-0.05, 0) is 42.8 Å². The van der Waals surface area contributed by atoms with Gasteiger partial charge in [0, 0.05) is 18.3 Å². The second-order valence-corrected chi connectivity index (χ2v) is 6.68. The summed E-state index contributed by atoms with van der Waals surface area (Å²) in [7, 11) is 2.82. The molecule has 2 aromatic rings. The predicted molar refractivity (Wildman–Crippen MR) is 105 cm³/mol. The van der Waals surface area contributed by atoms with Gasteiger partial charge in [-0.15, -0.1) is 0 Å². The molecule has 8 heteroatoms. The molecule has 3 rings (SSSR count). The number of methoxy groups -OCH3 is 2. The Labute approximate surface area is 168 Å². The molecule has 1 aliphatic heterocycles. The van der Waals surface area contributed by atoms with Crippen molar-refractivity contribution in [1.29, 1.82) is 0 Å². The topological polar surface area (TPSA) is 60.0 Å². The van der Waals surface area contributed by atoms with E-state index in [1.165, 1.54) is 37.3 Å². The van der Waals surface area contributed by atoms with Gasteiger partial charge in [0.05, 0.1) is 26.9 Å². The Morgan fingerprint density at radius 3 is 2.62 bits per heavy atom. The van der Waals surface area contributed by atoms with E-state index in [4.69, 9.17) is 14.2 Å². The van der Waals surface area contributed by atoms with E-state index in [9.17, 15) is 13.6 Å². The van der Waals surface area contributed by atoms with Crippen molar-refractivity contribution in [2.24, 2.45) is 0 Å². The number of carbonyl (C=O) groups excluding carboxylic acids is 1. The summed E-state index contributed by atoms with van der Waals surface area (Å²) in [6.07, 6.45) is 0.469. The van der Waals surface area contributed by atoms with Crippen LogP contribution in [0, 0.1) is 11.6 Å². The quantitative estimate of drug-likeness (QED) is 0.683. The summed E-state index contributed by atoms with van der Waals surface area (Å²) in [5, 5.41) is 3.28. The molecule has 1 N–H and O–H groups in total. The van der Waals surface area contributed by atoms with Crippen molar-refractivity contribution in [2.45, 2.75) is 12.5 Å². The van der Waals surface area contributed by atoms with Crippen molar-refractivity contribution in [3.8, 4) is 11.5 Å². The number of morpholine rings is 1. The Balaban J connectivity index is 1.52. The summed E-state index contributed by atoms with van der Waals surface area (Å²) in [5.41, 5.74) is 1.42. The van der Waals surface area contributed by atoms with Gasteiger partial charge < -0.3 is 24.4 Å². The normalized spacial score (nSPS) is 16.8. The first-order valence-corrected chi connectivity index (χ1v) is 9.30. The maximum Gasteiger partial charge on any atom is 0.253 e. The van der Waals surface area contributed by atoms with Crippen molar-refractivity contribution in [2.75, 3.05) is 45.4 Å². The molecule has 0 aromatic heterocycles. The summed E-state index contributed by atoms with van der Waals surface area (Å²) in [6, 6.07) is 9.21. The number of nitrogens with zero attached hydrogens (tertiary/aromatic N) is 1. The van der Waals surface area contributed by atoms with Crippen LogP contribution >= 0.6 is 0 Å². The molecule has 1 saturated heterocycles. The smallest absolute Gasteiger partial charge is 0.253 e. The molecule has 1 atom stereocenters. The van der Waals surface area contributed by atoms with Crippen LogP contribution in [-0.4, -0.2) is 52.5 Å². The number of nitrogens with one attached hydrogen (secondary N) is 1. The minimum Gasteiger partial charge on any atom is -0.494 e. The standard InChI is InChI=1S/C21H24F2N2O4/c1-27-19-6-4-15(10-18(19)23)25-12-16(29-13-21(25)26)11-24-8-7-14-3-5-17(22)20(9-14)28-2/h3-6,9-10,16,24H,7-8,11-13H2,1-2H3. The summed E-state index contributed by atoms with van der Waals surface area (Å²) in [4.78, 5) is 13.7. The number of benzene rings is 2. The molecule has 0 radical (unpaired) electrons. The van der Waals surface area contributed by atoms with E-state index in [1.807, 2.05) is 0 Å². The fraction of sp³-hybridized carbons (Fsp3) is 0.381. The van der Waals surface area contributed by atoms with E-state index in [2.05, 4.69) is 5.32 Å². The molecule has 6 nitrogen and oxygen atoms in total. The van der Waals surface area contributed by atoms with Crippen LogP contribution in [0.4, 0.5) is 14.5 Å². The zero-order chi connectivity index (χ0) is 20.8. The monoisotopic (exact) mass is 406 g/mol. The molecule has 29 heavy (non-hydrogen) atoms. The summed E-state index contributed by atoms with van der Waals surface area (Å²) in [6.45, 7) is 1.44. The fourth-order valence-electron chi connectivity index (χ4n) is 3.18. The molecule has 156 valence electrons. The molecule has 0 bridgehead atoms. The molecule has 0 spiro atoms. The highest BCUT2D eigenvalue weighted by molar-refractivity contribution is 5.95. The van der Waals surface area contributed by atoms with Crippen LogP contribution in [0.3, 0.4) is 0 Å². The lowest BCUT2D eigenvalue weighted by molar-refractivity contribution is -0.129. The lowest BCUT2D eigenvalue weighted by Gasteiger charge is -2.33. The van der Waals surface area contributed by atoms with E-state index < -0.39 is 5.82 Å². The van der Waals surface area contributed by atoms with Crippen molar-refractivity contribution in [3.63, 3.8) is 0 Å². The van der Waals surface area contributed by atoms with Gasteiger partial charge in [0.25, 0.3) is 5.91 Å². The van der Waals surface area contributed by atoms with Crippen LogP contribution in [0.2, 0.25) is 0 Å². The zero-order valence-corrected chi connectivity index (χ0v) is 16.4. The average Bonchev–Trinajstić information content (AvgIpc) is 2.73. The molecule has 0 aliphatic carbocycles. The highest BCUT2D eigenvalue weighted by atomic mass is 19.1. The molecule has 0 saturated carbocycles. The second kappa shape index (κ2) is 9.67. The van der Waals surface area contributed by atoms with Crippen LogP contribution < -0.4 is 19.7 Å². The maximum atomic E-state index is 14.0. The van der Waals surface area contributed by atoms with Crippen molar-refractivity contribution in [1.82, 2.24) is 5.32 Å². The van der Waals surface area contributed by atoms with E-state index >= 15 is 0 Å². The molecule has 1 fully saturated rings. The Morgan fingerprint density at radius 1 is 1.10 bits per heavy atom. The lowest BCUT2D eigenvalue weighted by atomic mass is 10.1. The van der Waals surface area contributed by atoms with Gasteiger partial charge in [-0.2, -0.15) is 0 Å². The minimum absolute atomic E-state index is 0.0604. The highest BCUT2D eigenvalue weighted by Gasteiger charge is 2.27. The van der Waals surface area contributed by atoms with E-state index in [-0.39, 0.29) is 35.9 Å². The number of hydrogen-bond donors (Lipinski definition) is 1. The highest BCUT2D eigenvalue weighted by Crippen LogP contribution is 2.25. The first kappa shape index (κ1) is 21.0.